The minimum Gasteiger partial charge on any atom is -0.359 e. The van der Waals surface area contributed by atoms with Crippen molar-refractivity contribution < 1.29 is 14.3 Å². The second-order valence-electron chi connectivity index (χ2n) is 3.53. The lowest BCUT2D eigenvalue weighted by Crippen LogP contribution is -2.36. The molecule has 0 spiro atoms. The van der Waals surface area contributed by atoms with E-state index in [0.717, 1.165) is 0 Å². The molecular weight excluding hydrogens is 309 g/mol. The van der Waals surface area contributed by atoms with Gasteiger partial charge in [0.05, 0.1) is 16.4 Å². The topological polar surface area (TPSA) is 120 Å². The number of nitrogens with two attached hydrogens (primary N) is 1. The van der Waals surface area contributed by atoms with Crippen LogP contribution >= 0.6 is 23.2 Å². The van der Waals surface area contributed by atoms with Crippen molar-refractivity contribution in [2.75, 3.05) is 5.73 Å². The summed E-state index contributed by atoms with van der Waals surface area (Å²) < 4.78 is 4.15. The van der Waals surface area contributed by atoms with E-state index < -0.39 is 11.6 Å². The Morgan fingerprint density at radius 2 is 2.30 bits per heavy atom. The van der Waals surface area contributed by atoms with Crippen molar-refractivity contribution in [2.24, 2.45) is 5.10 Å². The maximum Gasteiger partial charge on any atom is 0.322 e. The van der Waals surface area contributed by atoms with Crippen LogP contribution in [0.2, 0.25) is 10.0 Å². The fraction of sp³-hybridized carbons (Fsp3) is 0. The third-order valence-corrected chi connectivity index (χ3v) is 2.75. The molecule has 2 rings (SSSR count). The number of aromatic nitrogens is 2. The first kappa shape index (κ1) is 14.1. The summed E-state index contributed by atoms with van der Waals surface area (Å²) in [6, 6.07) is 4.75. The minimum atomic E-state index is -0.861. The molecule has 1 amide bonds. The van der Waals surface area contributed by atoms with Gasteiger partial charge in [0.15, 0.2) is 0 Å². The fourth-order valence-corrected chi connectivity index (χ4v) is 1.73. The molecule has 1 aromatic heterocycles. The highest BCUT2D eigenvalue weighted by molar-refractivity contribution is 6.36. The number of carbonyl (C=O) groups is 1. The Labute approximate surface area is 122 Å². The number of nitrogens with one attached hydrogen (secondary N) is 1. The number of nitrogens with zero attached hydrogens (tertiary/aromatic N) is 3. The Bertz CT molecular complexity index is 666. The number of hydrogen-bond acceptors (Lipinski definition) is 6. The average Bonchev–Trinajstić information content (AvgIpc) is 2.71. The summed E-state index contributed by atoms with van der Waals surface area (Å²) in [6.45, 7) is 0. The first-order valence-electron chi connectivity index (χ1n) is 5.12. The van der Waals surface area contributed by atoms with Gasteiger partial charge in [0.1, 0.15) is 0 Å². The summed E-state index contributed by atoms with van der Waals surface area (Å²) in [7, 11) is 0. The summed E-state index contributed by atoms with van der Waals surface area (Å²) in [6.07, 6.45) is 1.29. The molecule has 0 saturated carbocycles. The molecule has 0 unspecified atom stereocenters. The van der Waals surface area contributed by atoms with E-state index in [4.69, 9.17) is 28.9 Å². The molecule has 0 aliphatic rings. The Morgan fingerprint density at radius 1 is 1.55 bits per heavy atom. The summed E-state index contributed by atoms with van der Waals surface area (Å²) in [5.74, 6) is -1.20. The summed E-state index contributed by atoms with van der Waals surface area (Å²) in [4.78, 5) is 11.5. The predicted octanol–water partition coefficient (Wildman–Crippen LogP) is 0.961. The molecule has 0 fully saturated rings. The normalized spacial score (nSPS) is 10.9. The van der Waals surface area contributed by atoms with Crippen molar-refractivity contribution in [1.29, 1.82) is 0 Å². The van der Waals surface area contributed by atoms with Crippen LogP contribution in [0, 0.1) is 5.21 Å². The summed E-state index contributed by atoms with van der Waals surface area (Å²) in [5, 5.41) is 18.7. The number of carbonyl (C=O) groups excluding carboxylic acids is 1. The molecule has 2 aromatic rings. The Hall–Kier alpha value is -2.32. The van der Waals surface area contributed by atoms with Gasteiger partial charge < -0.3 is 10.9 Å². The zero-order valence-electron chi connectivity index (χ0n) is 9.71. The number of nitrogen functional groups attached to an aromatic ring is 1. The Morgan fingerprint density at radius 3 is 2.90 bits per heavy atom. The second kappa shape index (κ2) is 5.76. The van der Waals surface area contributed by atoms with Crippen LogP contribution in [0.5, 0.6) is 0 Å². The van der Waals surface area contributed by atoms with E-state index in [9.17, 15) is 10.0 Å². The third kappa shape index (κ3) is 2.98. The van der Waals surface area contributed by atoms with Crippen LogP contribution in [0.3, 0.4) is 0 Å². The molecular formula is C10H7Cl2N5O3. The standard InChI is InChI=1S/C10H7Cl2N5O3/c11-6-2-1-5(7(12)3-6)4-14-15-10(18)8-9(13)16-20-17(8)19/h1-4H,(H2,13,16)(H,15,18)/b14-4-. The smallest absolute Gasteiger partial charge is 0.322 e. The molecule has 10 heteroatoms. The van der Waals surface area contributed by atoms with Crippen LogP contribution < -0.4 is 16.1 Å². The lowest BCUT2D eigenvalue weighted by atomic mass is 10.2. The minimum absolute atomic E-state index is 0.116. The van der Waals surface area contributed by atoms with Gasteiger partial charge >= 0.3 is 17.4 Å². The van der Waals surface area contributed by atoms with Gasteiger partial charge in [0.25, 0.3) is 0 Å². The molecule has 1 heterocycles. The summed E-state index contributed by atoms with van der Waals surface area (Å²) in [5.41, 5.74) is 7.44. The van der Waals surface area contributed by atoms with E-state index in [0.29, 0.717) is 15.6 Å². The van der Waals surface area contributed by atoms with Gasteiger partial charge in [-0.2, -0.15) is 5.10 Å². The van der Waals surface area contributed by atoms with E-state index in [1.165, 1.54) is 12.3 Å². The molecule has 8 nitrogen and oxygen atoms in total. The van der Waals surface area contributed by atoms with Gasteiger partial charge in [-0.3, -0.25) is 9.42 Å². The quantitative estimate of drug-likeness (QED) is 0.496. The molecule has 0 aliphatic carbocycles. The largest absolute Gasteiger partial charge is 0.359 e. The fourth-order valence-electron chi connectivity index (χ4n) is 1.28. The molecule has 0 radical (unpaired) electrons. The number of halogens is 2. The van der Waals surface area contributed by atoms with Crippen LogP contribution in [0.4, 0.5) is 5.82 Å². The van der Waals surface area contributed by atoms with Crippen molar-refractivity contribution in [3.63, 3.8) is 0 Å². The van der Waals surface area contributed by atoms with Crippen molar-refractivity contribution in [2.45, 2.75) is 0 Å². The van der Waals surface area contributed by atoms with Crippen LogP contribution in [0.15, 0.2) is 27.9 Å². The van der Waals surface area contributed by atoms with Gasteiger partial charge in [-0.25, -0.2) is 5.43 Å². The zero-order valence-corrected chi connectivity index (χ0v) is 11.2. The second-order valence-corrected chi connectivity index (χ2v) is 4.37. The molecule has 104 valence electrons. The van der Waals surface area contributed by atoms with Crippen molar-refractivity contribution in [3.05, 3.63) is 44.7 Å². The molecule has 0 atom stereocenters. The molecule has 1 aromatic carbocycles. The van der Waals surface area contributed by atoms with E-state index >= 15 is 0 Å². The van der Waals surface area contributed by atoms with E-state index in [2.05, 4.69) is 20.3 Å². The highest BCUT2D eigenvalue weighted by atomic mass is 35.5. The van der Waals surface area contributed by atoms with Gasteiger partial charge in [0, 0.05) is 10.6 Å². The van der Waals surface area contributed by atoms with Crippen LogP contribution in [-0.2, 0) is 0 Å². The lowest BCUT2D eigenvalue weighted by molar-refractivity contribution is -0.803. The van der Waals surface area contributed by atoms with Crippen molar-refractivity contribution in [3.8, 4) is 0 Å². The molecule has 0 bridgehead atoms. The monoisotopic (exact) mass is 315 g/mol. The third-order valence-electron chi connectivity index (χ3n) is 2.19. The van der Waals surface area contributed by atoms with Crippen LogP contribution in [0.1, 0.15) is 16.1 Å². The first-order chi connectivity index (χ1) is 9.49. The maximum absolute atomic E-state index is 11.6. The molecule has 3 N–H and O–H groups in total. The highest BCUT2D eigenvalue weighted by Gasteiger charge is 2.23. The summed E-state index contributed by atoms with van der Waals surface area (Å²) >= 11 is 11.6. The first-order valence-corrected chi connectivity index (χ1v) is 5.88. The number of hydrazone groups is 1. The number of rotatable bonds is 3. The molecule has 0 saturated heterocycles. The van der Waals surface area contributed by atoms with E-state index in [1.807, 2.05) is 0 Å². The average molecular weight is 316 g/mol. The Balaban J connectivity index is 2.09. The van der Waals surface area contributed by atoms with Crippen LogP contribution in [0.25, 0.3) is 0 Å². The number of hydrogen-bond donors (Lipinski definition) is 2. The van der Waals surface area contributed by atoms with Crippen molar-refractivity contribution >= 4 is 41.1 Å². The van der Waals surface area contributed by atoms with E-state index in [1.54, 1.807) is 12.1 Å². The number of benzene rings is 1. The van der Waals surface area contributed by atoms with Gasteiger partial charge in [0.2, 0.25) is 0 Å². The Kier molecular flexibility index (Phi) is 4.06. The van der Waals surface area contributed by atoms with Crippen molar-refractivity contribution in [1.82, 2.24) is 10.6 Å². The van der Waals surface area contributed by atoms with E-state index in [-0.39, 0.29) is 10.7 Å². The maximum atomic E-state index is 11.6. The molecule has 20 heavy (non-hydrogen) atoms. The lowest BCUT2D eigenvalue weighted by Gasteiger charge is -1.99. The number of amides is 1. The SMILES string of the molecule is Nc1no[n+]([O-])c1C(=O)N/N=C\c1ccc(Cl)cc1Cl. The molecule has 0 aliphatic heterocycles. The van der Waals surface area contributed by atoms with Gasteiger partial charge in [-0.05, 0) is 17.0 Å². The zero-order chi connectivity index (χ0) is 14.7. The van der Waals surface area contributed by atoms with Gasteiger partial charge in [-0.15, -0.1) is 0 Å². The van der Waals surface area contributed by atoms with Crippen LogP contribution in [-0.4, -0.2) is 17.3 Å². The number of anilines is 1. The highest BCUT2D eigenvalue weighted by Crippen LogP contribution is 2.19. The predicted molar refractivity (Wildman–Crippen MR) is 71.4 cm³/mol. The van der Waals surface area contributed by atoms with Gasteiger partial charge in [-0.1, -0.05) is 29.3 Å².